The lowest BCUT2D eigenvalue weighted by molar-refractivity contribution is -0.143. The van der Waals surface area contributed by atoms with E-state index in [2.05, 4.69) is 5.32 Å². The van der Waals surface area contributed by atoms with Crippen LogP contribution in [0.25, 0.3) is 0 Å². The first kappa shape index (κ1) is 12.9. The fraction of sp³-hybridized carbons (Fsp3) is 0.929. The van der Waals surface area contributed by atoms with Crippen molar-refractivity contribution in [3.05, 3.63) is 0 Å². The van der Waals surface area contributed by atoms with Crippen molar-refractivity contribution in [3.8, 4) is 0 Å². The van der Waals surface area contributed by atoms with Crippen LogP contribution in [0.15, 0.2) is 0 Å². The van der Waals surface area contributed by atoms with Crippen LogP contribution >= 0.6 is 0 Å². The Morgan fingerprint density at radius 1 is 1.18 bits per heavy atom. The van der Waals surface area contributed by atoms with Gasteiger partial charge >= 0.3 is 5.97 Å². The number of carbonyl (C=O) groups is 1. The Labute approximate surface area is 104 Å². The quantitative estimate of drug-likeness (QED) is 0.769. The van der Waals surface area contributed by atoms with E-state index in [1.54, 1.807) is 0 Å². The molecule has 4 atom stereocenters. The summed E-state index contributed by atoms with van der Waals surface area (Å²) in [6, 6.07) is 0.355. The predicted molar refractivity (Wildman–Crippen MR) is 67.7 cm³/mol. The van der Waals surface area contributed by atoms with E-state index in [9.17, 15) is 4.79 Å². The summed E-state index contributed by atoms with van der Waals surface area (Å²) in [5, 5.41) is 3.43. The number of carbonyl (C=O) groups excluding carboxylic acids is 1. The highest BCUT2D eigenvalue weighted by Gasteiger charge is 2.33. The molecular weight excluding hydrogens is 214 g/mol. The van der Waals surface area contributed by atoms with E-state index >= 15 is 0 Å². The summed E-state index contributed by atoms with van der Waals surface area (Å²) in [6.07, 6.45) is 9.49. The molecule has 0 amide bonds. The molecule has 0 aliphatic heterocycles. The molecule has 2 saturated carbocycles. The van der Waals surface area contributed by atoms with Gasteiger partial charge in [-0.05, 0) is 38.0 Å². The maximum atomic E-state index is 11.4. The van der Waals surface area contributed by atoms with Crippen LogP contribution in [-0.4, -0.2) is 25.2 Å². The van der Waals surface area contributed by atoms with E-state index < -0.39 is 0 Å². The lowest BCUT2D eigenvalue weighted by Gasteiger charge is -2.40. The van der Waals surface area contributed by atoms with Gasteiger partial charge in [-0.1, -0.05) is 25.7 Å². The zero-order chi connectivity index (χ0) is 12.3. The molecule has 17 heavy (non-hydrogen) atoms. The second-order valence-electron chi connectivity index (χ2n) is 5.73. The SMILES string of the molecule is COC(=O)C(C)NC1CCC2CCCCC2C1. The average Bonchev–Trinajstić information content (AvgIpc) is 2.37. The largest absolute Gasteiger partial charge is 0.468 e. The zero-order valence-electron chi connectivity index (χ0n) is 11.1. The Kier molecular flexibility index (Phi) is 4.43. The van der Waals surface area contributed by atoms with Crippen LogP contribution in [-0.2, 0) is 9.53 Å². The van der Waals surface area contributed by atoms with E-state index in [0.717, 1.165) is 11.8 Å². The highest BCUT2D eigenvalue weighted by molar-refractivity contribution is 5.75. The lowest BCUT2D eigenvalue weighted by atomic mass is 9.69. The fourth-order valence-electron chi connectivity index (χ4n) is 3.62. The minimum absolute atomic E-state index is 0.143. The molecule has 2 aliphatic rings. The summed E-state index contributed by atoms with van der Waals surface area (Å²) in [6.45, 7) is 1.90. The Balaban J connectivity index is 1.81. The molecular formula is C14H25NO2. The third-order valence-electron chi connectivity index (χ3n) is 4.58. The number of nitrogens with one attached hydrogen (secondary N) is 1. The van der Waals surface area contributed by atoms with Crippen molar-refractivity contribution >= 4 is 5.97 Å². The number of methoxy groups -OCH3 is 1. The van der Waals surface area contributed by atoms with Crippen molar-refractivity contribution in [2.75, 3.05) is 7.11 Å². The standard InChI is InChI=1S/C14H25NO2/c1-10(14(16)17-2)15-13-8-7-11-5-3-4-6-12(11)9-13/h10-13,15H,3-9H2,1-2H3. The molecule has 98 valence electrons. The predicted octanol–water partition coefficient (Wildman–Crippen LogP) is 2.50. The van der Waals surface area contributed by atoms with Crippen molar-refractivity contribution < 1.29 is 9.53 Å². The first-order valence-electron chi connectivity index (χ1n) is 7.04. The van der Waals surface area contributed by atoms with Gasteiger partial charge in [0.05, 0.1) is 7.11 Å². The van der Waals surface area contributed by atoms with Crippen LogP contribution in [0.5, 0.6) is 0 Å². The molecule has 0 heterocycles. The summed E-state index contributed by atoms with van der Waals surface area (Å²) in [4.78, 5) is 11.4. The number of rotatable bonds is 3. The number of esters is 1. The zero-order valence-corrected chi connectivity index (χ0v) is 11.1. The van der Waals surface area contributed by atoms with Crippen LogP contribution in [0.4, 0.5) is 0 Å². The molecule has 0 radical (unpaired) electrons. The molecule has 2 rings (SSSR count). The van der Waals surface area contributed by atoms with Gasteiger partial charge in [-0.2, -0.15) is 0 Å². The highest BCUT2D eigenvalue weighted by atomic mass is 16.5. The Hall–Kier alpha value is -0.570. The fourth-order valence-corrected chi connectivity index (χ4v) is 3.62. The van der Waals surface area contributed by atoms with Gasteiger partial charge in [0.2, 0.25) is 0 Å². The molecule has 2 fully saturated rings. The van der Waals surface area contributed by atoms with Crippen LogP contribution < -0.4 is 5.32 Å². The molecule has 2 aliphatic carbocycles. The minimum atomic E-state index is -0.162. The van der Waals surface area contributed by atoms with Gasteiger partial charge in [-0.3, -0.25) is 4.79 Å². The second-order valence-corrected chi connectivity index (χ2v) is 5.73. The van der Waals surface area contributed by atoms with Crippen molar-refractivity contribution in [2.24, 2.45) is 11.8 Å². The molecule has 0 aromatic rings. The Morgan fingerprint density at radius 3 is 2.59 bits per heavy atom. The normalized spacial score (nSPS) is 34.8. The number of hydrogen-bond donors (Lipinski definition) is 1. The summed E-state index contributed by atoms with van der Waals surface area (Å²) in [5.74, 6) is 1.73. The molecule has 1 N–H and O–H groups in total. The Bertz CT molecular complexity index is 267. The number of fused-ring (bicyclic) bond motifs is 1. The smallest absolute Gasteiger partial charge is 0.322 e. The molecule has 4 unspecified atom stereocenters. The van der Waals surface area contributed by atoms with Crippen LogP contribution in [0.3, 0.4) is 0 Å². The first-order valence-corrected chi connectivity index (χ1v) is 7.04. The molecule has 3 heteroatoms. The van der Waals surface area contributed by atoms with E-state index in [0.29, 0.717) is 6.04 Å². The van der Waals surface area contributed by atoms with Crippen LogP contribution in [0.1, 0.15) is 51.9 Å². The van der Waals surface area contributed by atoms with Crippen molar-refractivity contribution in [3.63, 3.8) is 0 Å². The van der Waals surface area contributed by atoms with Crippen molar-refractivity contribution in [2.45, 2.75) is 64.0 Å². The number of hydrogen-bond acceptors (Lipinski definition) is 3. The first-order chi connectivity index (χ1) is 8.20. The van der Waals surface area contributed by atoms with E-state index in [4.69, 9.17) is 4.74 Å². The van der Waals surface area contributed by atoms with Gasteiger partial charge in [0.15, 0.2) is 0 Å². The van der Waals surface area contributed by atoms with Gasteiger partial charge in [0.25, 0.3) is 0 Å². The minimum Gasteiger partial charge on any atom is -0.468 e. The molecule has 0 spiro atoms. The van der Waals surface area contributed by atoms with Crippen LogP contribution in [0.2, 0.25) is 0 Å². The molecule has 3 nitrogen and oxygen atoms in total. The monoisotopic (exact) mass is 239 g/mol. The molecule has 0 saturated heterocycles. The molecule has 0 aromatic carbocycles. The van der Waals surface area contributed by atoms with Gasteiger partial charge in [-0.25, -0.2) is 0 Å². The number of ether oxygens (including phenoxy) is 1. The average molecular weight is 239 g/mol. The maximum absolute atomic E-state index is 11.4. The molecule has 0 aromatic heterocycles. The summed E-state index contributed by atoms with van der Waals surface area (Å²) in [7, 11) is 1.46. The molecule has 0 bridgehead atoms. The van der Waals surface area contributed by atoms with Gasteiger partial charge in [-0.15, -0.1) is 0 Å². The van der Waals surface area contributed by atoms with Gasteiger partial charge < -0.3 is 10.1 Å². The summed E-state index contributed by atoms with van der Waals surface area (Å²) in [5.41, 5.74) is 0. The van der Waals surface area contributed by atoms with E-state index in [1.807, 2.05) is 6.92 Å². The van der Waals surface area contributed by atoms with Crippen molar-refractivity contribution in [1.82, 2.24) is 5.32 Å². The van der Waals surface area contributed by atoms with E-state index in [1.165, 1.54) is 52.1 Å². The van der Waals surface area contributed by atoms with Gasteiger partial charge in [0.1, 0.15) is 6.04 Å². The summed E-state index contributed by atoms with van der Waals surface area (Å²) >= 11 is 0. The van der Waals surface area contributed by atoms with Crippen LogP contribution in [0, 0.1) is 11.8 Å². The van der Waals surface area contributed by atoms with Crippen molar-refractivity contribution in [1.29, 1.82) is 0 Å². The maximum Gasteiger partial charge on any atom is 0.322 e. The summed E-state index contributed by atoms with van der Waals surface area (Å²) < 4.78 is 4.76. The Morgan fingerprint density at radius 2 is 1.88 bits per heavy atom. The second kappa shape index (κ2) is 5.85. The topological polar surface area (TPSA) is 38.3 Å². The third kappa shape index (κ3) is 3.21. The van der Waals surface area contributed by atoms with E-state index in [-0.39, 0.29) is 12.0 Å². The third-order valence-corrected chi connectivity index (χ3v) is 4.58. The lowest BCUT2D eigenvalue weighted by Crippen LogP contribution is -2.45. The van der Waals surface area contributed by atoms with Gasteiger partial charge in [0, 0.05) is 6.04 Å². The highest BCUT2D eigenvalue weighted by Crippen LogP contribution is 2.40.